The zero-order chi connectivity index (χ0) is 10.6. The van der Waals surface area contributed by atoms with Crippen LogP contribution in [0.4, 0.5) is 8.78 Å². The summed E-state index contributed by atoms with van der Waals surface area (Å²) >= 11 is 1.22. The summed E-state index contributed by atoms with van der Waals surface area (Å²) in [6.45, 7) is 1.76. The molecular formula is C10H9F2NS. The van der Waals surface area contributed by atoms with Crippen molar-refractivity contribution < 1.29 is 8.78 Å². The van der Waals surface area contributed by atoms with E-state index in [9.17, 15) is 8.78 Å². The Bertz CT molecular complexity index is 360. The topological polar surface area (TPSA) is 23.8 Å². The number of hydrogen-bond donors (Lipinski definition) is 0. The van der Waals surface area contributed by atoms with Crippen LogP contribution in [-0.2, 0) is 0 Å². The van der Waals surface area contributed by atoms with E-state index in [0.29, 0.717) is 10.6 Å². The average Bonchev–Trinajstić information content (AvgIpc) is 2.16. The van der Waals surface area contributed by atoms with Gasteiger partial charge in [0.25, 0.3) is 0 Å². The van der Waals surface area contributed by atoms with Crippen molar-refractivity contribution in [1.82, 2.24) is 0 Å². The molecule has 0 bridgehead atoms. The molecule has 0 spiro atoms. The van der Waals surface area contributed by atoms with Gasteiger partial charge in [-0.15, -0.1) is 11.8 Å². The monoisotopic (exact) mass is 213 g/mol. The van der Waals surface area contributed by atoms with Gasteiger partial charge in [-0.05, 0) is 19.1 Å². The van der Waals surface area contributed by atoms with E-state index in [2.05, 4.69) is 0 Å². The number of rotatable bonds is 3. The van der Waals surface area contributed by atoms with Crippen molar-refractivity contribution in [3.8, 4) is 6.07 Å². The molecular weight excluding hydrogens is 204 g/mol. The van der Waals surface area contributed by atoms with E-state index in [4.69, 9.17) is 5.26 Å². The predicted octanol–water partition coefficient (Wildman–Crippen LogP) is 3.22. The summed E-state index contributed by atoms with van der Waals surface area (Å²) in [7, 11) is 0. The van der Waals surface area contributed by atoms with Crippen LogP contribution in [0.3, 0.4) is 0 Å². The molecule has 0 N–H and O–H groups in total. The molecule has 0 aliphatic carbocycles. The average molecular weight is 213 g/mol. The van der Waals surface area contributed by atoms with E-state index in [1.165, 1.54) is 23.9 Å². The van der Waals surface area contributed by atoms with Gasteiger partial charge in [0.15, 0.2) is 0 Å². The number of hydrogen-bond acceptors (Lipinski definition) is 2. The molecule has 0 amide bonds. The molecule has 1 aromatic rings. The van der Waals surface area contributed by atoms with E-state index in [0.717, 1.165) is 6.07 Å². The normalized spacial score (nSPS) is 12.1. The fourth-order valence-electron chi connectivity index (χ4n) is 0.844. The molecule has 0 saturated heterocycles. The van der Waals surface area contributed by atoms with Gasteiger partial charge in [-0.2, -0.15) is 5.26 Å². The second-order valence-electron chi connectivity index (χ2n) is 2.92. The lowest BCUT2D eigenvalue weighted by Gasteiger charge is -2.03. The molecule has 74 valence electrons. The van der Waals surface area contributed by atoms with E-state index in [1.807, 2.05) is 6.07 Å². The van der Waals surface area contributed by atoms with Crippen molar-refractivity contribution in [2.75, 3.05) is 5.75 Å². The Labute approximate surface area is 85.7 Å². The highest BCUT2D eigenvalue weighted by Crippen LogP contribution is 2.24. The zero-order valence-electron chi connectivity index (χ0n) is 7.63. The third kappa shape index (κ3) is 3.00. The maximum Gasteiger partial charge on any atom is 0.139 e. The van der Waals surface area contributed by atoms with Crippen molar-refractivity contribution in [1.29, 1.82) is 5.26 Å². The Morgan fingerprint density at radius 2 is 2.21 bits per heavy atom. The van der Waals surface area contributed by atoms with Crippen LogP contribution in [-0.4, -0.2) is 5.75 Å². The number of thioether (sulfide) groups is 1. The molecule has 0 radical (unpaired) electrons. The van der Waals surface area contributed by atoms with Crippen molar-refractivity contribution >= 4 is 11.8 Å². The molecule has 1 atom stereocenters. The lowest BCUT2D eigenvalue weighted by atomic mass is 10.3. The number of nitrogens with zero attached hydrogens (tertiary/aromatic N) is 1. The van der Waals surface area contributed by atoms with Crippen LogP contribution in [0, 0.1) is 28.9 Å². The Balaban J connectivity index is 2.64. The van der Waals surface area contributed by atoms with E-state index >= 15 is 0 Å². The minimum Gasteiger partial charge on any atom is -0.207 e. The standard InChI is InChI=1S/C10H9F2NS/c1-7(5-13)6-14-10-3-2-8(11)4-9(10)12/h2-4,7H,6H2,1H3. The minimum absolute atomic E-state index is 0.135. The fraction of sp³-hybridized carbons (Fsp3) is 0.300. The molecule has 0 fully saturated rings. The first-order valence-corrected chi connectivity index (χ1v) is 5.09. The highest BCUT2D eigenvalue weighted by Gasteiger charge is 2.06. The first kappa shape index (κ1) is 11.0. The van der Waals surface area contributed by atoms with Crippen molar-refractivity contribution in [3.63, 3.8) is 0 Å². The highest BCUT2D eigenvalue weighted by atomic mass is 32.2. The summed E-state index contributed by atoms with van der Waals surface area (Å²) in [5.74, 6) is -0.774. The van der Waals surface area contributed by atoms with Crippen molar-refractivity contribution in [2.24, 2.45) is 5.92 Å². The molecule has 4 heteroatoms. The SMILES string of the molecule is CC(C#N)CSc1ccc(F)cc1F. The summed E-state index contributed by atoms with van der Waals surface area (Å²) in [6, 6.07) is 5.49. The maximum absolute atomic E-state index is 13.1. The van der Waals surface area contributed by atoms with Gasteiger partial charge in [-0.3, -0.25) is 0 Å². The first-order valence-electron chi connectivity index (χ1n) is 4.11. The van der Waals surface area contributed by atoms with Gasteiger partial charge in [-0.1, -0.05) is 0 Å². The molecule has 0 heterocycles. The lowest BCUT2D eigenvalue weighted by molar-refractivity contribution is 0.565. The third-order valence-corrected chi connectivity index (χ3v) is 2.91. The predicted molar refractivity (Wildman–Crippen MR) is 51.9 cm³/mol. The Hall–Kier alpha value is -1.08. The van der Waals surface area contributed by atoms with Crippen LogP contribution in [0.15, 0.2) is 23.1 Å². The first-order chi connectivity index (χ1) is 6.63. The second kappa shape index (κ2) is 4.97. The molecule has 1 nitrogen and oxygen atoms in total. The number of nitriles is 1. The molecule has 0 aliphatic heterocycles. The van der Waals surface area contributed by atoms with Crippen LogP contribution in [0.1, 0.15) is 6.92 Å². The van der Waals surface area contributed by atoms with Gasteiger partial charge >= 0.3 is 0 Å². The van der Waals surface area contributed by atoms with Crippen molar-refractivity contribution in [2.45, 2.75) is 11.8 Å². The molecule has 0 aromatic heterocycles. The molecule has 1 rings (SSSR count). The molecule has 0 aliphatic rings. The molecule has 14 heavy (non-hydrogen) atoms. The van der Waals surface area contributed by atoms with Gasteiger partial charge in [0.2, 0.25) is 0 Å². The summed E-state index contributed by atoms with van der Waals surface area (Å²) in [5.41, 5.74) is 0. The Morgan fingerprint density at radius 3 is 2.79 bits per heavy atom. The summed E-state index contributed by atoms with van der Waals surface area (Å²) in [4.78, 5) is 0.383. The van der Waals surface area contributed by atoms with Gasteiger partial charge in [0, 0.05) is 16.7 Å². The van der Waals surface area contributed by atoms with E-state index in [-0.39, 0.29) is 5.92 Å². The van der Waals surface area contributed by atoms with Gasteiger partial charge in [0.1, 0.15) is 11.6 Å². The smallest absolute Gasteiger partial charge is 0.139 e. The molecule has 1 unspecified atom stereocenters. The van der Waals surface area contributed by atoms with Crippen LogP contribution >= 0.6 is 11.8 Å². The molecule has 1 aromatic carbocycles. The summed E-state index contributed by atoms with van der Waals surface area (Å²) in [5, 5.41) is 8.51. The van der Waals surface area contributed by atoms with Gasteiger partial charge in [-0.25, -0.2) is 8.78 Å². The van der Waals surface area contributed by atoms with Crippen LogP contribution in [0.2, 0.25) is 0 Å². The Morgan fingerprint density at radius 1 is 1.50 bits per heavy atom. The summed E-state index contributed by atoms with van der Waals surface area (Å²) < 4.78 is 25.6. The van der Waals surface area contributed by atoms with Gasteiger partial charge in [0.05, 0.1) is 12.0 Å². The second-order valence-corrected chi connectivity index (χ2v) is 3.98. The highest BCUT2D eigenvalue weighted by molar-refractivity contribution is 7.99. The quantitative estimate of drug-likeness (QED) is 0.720. The zero-order valence-corrected chi connectivity index (χ0v) is 8.44. The maximum atomic E-state index is 13.1. The number of halogens is 2. The van der Waals surface area contributed by atoms with Crippen molar-refractivity contribution in [3.05, 3.63) is 29.8 Å². The van der Waals surface area contributed by atoms with Gasteiger partial charge < -0.3 is 0 Å². The minimum atomic E-state index is -0.583. The molecule has 0 saturated carbocycles. The Kier molecular flexibility index (Phi) is 3.90. The van der Waals surface area contributed by atoms with Crippen LogP contribution in [0.25, 0.3) is 0 Å². The lowest BCUT2D eigenvalue weighted by Crippen LogP contribution is -1.94. The summed E-state index contributed by atoms with van der Waals surface area (Å²) in [6.07, 6.45) is 0. The van der Waals surface area contributed by atoms with Crippen LogP contribution < -0.4 is 0 Å². The number of benzene rings is 1. The fourth-order valence-corrected chi connectivity index (χ4v) is 1.71. The van der Waals surface area contributed by atoms with E-state index < -0.39 is 11.6 Å². The third-order valence-electron chi connectivity index (χ3n) is 1.60. The van der Waals surface area contributed by atoms with Crippen LogP contribution in [0.5, 0.6) is 0 Å². The van der Waals surface area contributed by atoms with E-state index in [1.54, 1.807) is 6.92 Å². The largest absolute Gasteiger partial charge is 0.207 e.